The number of halogens is 1. The van der Waals surface area contributed by atoms with Gasteiger partial charge in [0.25, 0.3) is 35.4 Å². The maximum atomic E-state index is 13.2. The van der Waals surface area contributed by atoms with Gasteiger partial charge in [0.05, 0.1) is 11.7 Å². The second-order valence-corrected chi connectivity index (χ2v) is 15.6. The third-order valence-electron chi connectivity index (χ3n) is 9.69. The minimum absolute atomic E-state index is 0. The molecule has 0 aromatic carbocycles. The Morgan fingerprint density at radius 3 is 0.836 bits per heavy atom. The number of amidine groups is 2. The van der Waals surface area contributed by atoms with E-state index in [2.05, 4.69) is 72.4 Å². The molecule has 32 nitrogen and oxygen atoms in total. The highest BCUT2D eigenvalue weighted by Gasteiger charge is 2.24. The van der Waals surface area contributed by atoms with Gasteiger partial charge in [0, 0.05) is 118 Å². The van der Waals surface area contributed by atoms with Gasteiger partial charge in [0.1, 0.15) is 0 Å². The van der Waals surface area contributed by atoms with Gasteiger partial charge in [0.15, 0.2) is 34.9 Å². The van der Waals surface area contributed by atoms with Gasteiger partial charge in [-0.15, -0.1) is 12.4 Å². The summed E-state index contributed by atoms with van der Waals surface area (Å²) >= 11 is 0. The number of anilines is 6. The highest BCUT2D eigenvalue weighted by atomic mass is 35.5. The molecule has 0 atom stereocenters. The highest BCUT2D eigenvalue weighted by molar-refractivity contribution is 6.08. The molecule has 0 radical (unpaired) electrons. The van der Waals surface area contributed by atoms with E-state index in [1.807, 2.05) is 0 Å². The summed E-state index contributed by atoms with van der Waals surface area (Å²) in [5.74, 6) is -6.32. The average molecular weight is 1030 g/mol. The normalized spacial score (nSPS) is 10.8. The molecule has 0 aliphatic carbocycles. The van der Waals surface area contributed by atoms with Crippen LogP contribution in [0.2, 0.25) is 0 Å². The topological polar surface area (TPSA) is 439 Å². The summed E-state index contributed by atoms with van der Waals surface area (Å²) in [7, 11) is 9.12. The van der Waals surface area contributed by atoms with Gasteiger partial charge < -0.3 is 81.4 Å². The molecule has 0 aliphatic rings. The van der Waals surface area contributed by atoms with Crippen LogP contribution in [0, 0.1) is 10.8 Å². The average Bonchev–Trinajstić information content (AvgIpc) is 4.16. The van der Waals surface area contributed by atoms with Gasteiger partial charge in [-0.25, -0.2) is 29.9 Å². The lowest BCUT2D eigenvalue weighted by atomic mass is 10.4. The van der Waals surface area contributed by atoms with E-state index < -0.39 is 47.3 Å². The lowest BCUT2D eigenvalue weighted by molar-refractivity contribution is -0.114. The van der Waals surface area contributed by atoms with Crippen molar-refractivity contribution in [1.29, 1.82) is 10.8 Å². The van der Waals surface area contributed by atoms with E-state index in [0.717, 1.165) is 12.2 Å². The van der Waals surface area contributed by atoms with Crippen molar-refractivity contribution in [2.45, 2.75) is 12.8 Å². The summed E-state index contributed by atoms with van der Waals surface area (Å²) < 4.78 is 8.12. The summed E-state index contributed by atoms with van der Waals surface area (Å²) in [5.41, 5.74) is 10.6. The van der Waals surface area contributed by atoms with E-state index in [0.29, 0.717) is 0 Å². The minimum Gasteiger partial charge on any atom is -0.388 e. The van der Waals surface area contributed by atoms with E-state index in [9.17, 15) is 38.4 Å². The number of nitrogens with one attached hydrogen (secondary N) is 10. The summed E-state index contributed by atoms with van der Waals surface area (Å²) in [5, 5.41) is 34.8. The zero-order chi connectivity index (χ0) is 52.6. The van der Waals surface area contributed by atoms with Crippen LogP contribution in [0.5, 0.6) is 0 Å². The van der Waals surface area contributed by atoms with Crippen molar-refractivity contribution in [2.75, 3.05) is 45.0 Å². The third kappa shape index (κ3) is 13.8. The van der Waals surface area contributed by atoms with Crippen molar-refractivity contribution in [3.63, 3.8) is 0 Å². The number of carbonyl (C=O) groups is 8. The quantitative estimate of drug-likeness (QED) is 0.0242. The Labute approximate surface area is 418 Å². The summed E-state index contributed by atoms with van der Waals surface area (Å²) in [6.07, 6.45) is 10.4. The van der Waals surface area contributed by atoms with E-state index in [1.165, 1.54) is 92.8 Å². The van der Waals surface area contributed by atoms with E-state index in [1.54, 1.807) is 14.1 Å². The van der Waals surface area contributed by atoms with Crippen molar-refractivity contribution in [3.05, 3.63) is 84.3 Å². The zero-order valence-electron chi connectivity index (χ0n) is 39.6. The molecule has 8 amide bonds. The highest BCUT2D eigenvalue weighted by Crippen LogP contribution is 2.17. The maximum Gasteiger partial charge on any atom is 0.292 e. The van der Waals surface area contributed by atoms with Crippen molar-refractivity contribution >= 4 is 106 Å². The van der Waals surface area contributed by atoms with Crippen LogP contribution in [-0.2, 0) is 51.9 Å². The first-order chi connectivity index (χ1) is 34.0. The Bertz CT molecular complexity index is 2990. The van der Waals surface area contributed by atoms with Crippen molar-refractivity contribution < 1.29 is 38.4 Å². The fraction of sp³-hybridized carbons (Fsp3) is 0.250. The van der Waals surface area contributed by atoms with E-state index >= 15 is 0 Å². The Kier molecular flexibility index (Phi) is 17.0. The van der Waals surface area contributed by atoms with Gasteiger partial charge in [0.2, 0.25) is 46.8 Å². The molecule has 6 aromatic rings. The summed E-state index contributed by atoms with van der Waals surface area (Å²) in [6.45, 7) is 0.253. The summed E-state index contributed by atoms with van der Waals surface area (Å²) in [6, 6.07) is 0. The maximum absolute atomic E-state index is 13.2. The van der Waals surface area contributed by atoms with Crippen LogP contribution in [0.25, 0.3) is 0 Å². The van der Waals surface area contributed by atoms with Crippen molar-refractivity contribution in [3.8, 4) is 0 Å². The van der Waals surface area contributed by atoms with Crippen LogP contribution in [0.15, 0.2) is 49.3 Å². The first-order valence-corrected chi connectivity index (χ1v) is 21.0. The monoisotopic (exact) mass is 1030 g/mol. The Morgan fingerprint density at radius 1 is 0.411 bits per heavy atom. The molecule has 33 heteroatoms. The van der Waals surface area contributed by atoms with Crippen LogP contribution in [0.1, 0.15) is 76.6 Å². The fourth-order valence-electron chi connectivity index (χ4n) is 6.38. The SMILES string of the molecule is Cl.Cn1cc(NC(=O)c2nc(NC(=O)c3nc(NC(=O)/C=C/C(=O)Nc4cn(C)c(C(=O)Nc5cn(C)c(C(=O)Nc6cn(C)c(C(=O)NCCC(=N)N)n6)n5)n4)cn3C)cn2C)nc1C(=O)NCCC(=N)N. The van der Waals surface area contributed by atoms with E-state index in [4.69, 9.17) is 22.3 Å². The van der Waals surface area contributed by atoms with Crippen LogP contribution in [0.3, 0.4) is 0 Å². The Morgan fingerprint density at radius 2 is 0.616 bits per heavy atom. The molecule has 0 fully saturated rings. The molecular weight excluding hydrogens is 980 g/mol. The van der Waals surface area contributed by atoms with E-state index in [-0.39, 0.29) is 120 Å². The number of aryl methyl sites for hydroxylation is 6. The van der Waals surface area contributed by atoms with Crippen molar-refractivity contribution in [1.82, 2.24) is 67.9 Å². The van der Waals surface area contributed by atoms with Crippen LogP contribution < -0.4 is 54.0 Å². The predicted molar refractivity (Wildman–Crippen MR) is 262 cm³/mol. The Balaban J connectivity index is 0.00000988. The number of nitrogens with two attached hydrogens (primary N) is 2. The lowest BCUT2D eigenvalue weighted by Gasteiger charge is -2.03. The molecule has 6 heterocycles. The number of aromatic nitrogens is 12. The minimum atomic E-state index is -0.789. The number of hydrogen-bond acceptors (Lipinski definition) is 16. The number of hydrogen-bond donors (Lipinski definition) is 12. The molecule has 0 aliphatic heterocycles. The van der Waals surface area contributed by atoms with Crippen LogP contribution >= 0.6 is 12.4 Å². The molecular formula is C40H49ClN24O8. The number of rotatable bonds is 20. The van der Waals surface area contributed by atoms with Gasteiger partial charge >= 0.3 is 0 Å². The summed E-state index contributed by atoms with van der Waals surface area (Å²) in [4.78, 5) is 128. The van der Waals surface area contributed by atoms with Gasteiger partial charge in [-0.05, 0) is 0 Å². The number of nitrogens with zero attached hydrogens (tertiary/aromatic N) is 12. The molecule has 6 rings (SSSR count). The van der Waals surface area contributed by atoms with Gasteiger partial charge in [-0.3, -0.25) is 49.2 Å². The molecule has 0 bridgehead atoms. The van der Waals surface area contributed by atoms with Crippen LogP contribution in [0.4, 0.5) is 34.9 Å². The first-order valence-electron chi connectivity index (χ1n) is 21.0. The molecule has 0 saturated heterocycles. The third-order valence-corrected chi connectivity index (χ3v) is 9.69. The molecule has 73 heavy (non-hydrogen) atoms. The standard InChI is InChI=1S/C40H48N24O8.ClH/c1-59-15-23(51-29(59)35(67)45-11-9-19(41)42)55-39(71)33-53-25(17-63(33)5)57-37(69)31-49-21(13-61(31)3)47-27(65)7-8-28(66)48-22-14-62(4)32(50-22)38(70)58-26-18-64(6)34(54-26)40(72)56-24-16-60(2)30(52-24)36(68)46-12-10-20(43)44;/h7-8,13-18H,9-12H2,1-6H3,(H3,41,42)(H3,43,44)(H,45,67)(H,46,68)(H,47,65)(H,48,66)(H,55,71)(H,56,72)(H,57,69)(H,58,70);1H/b8-7+;. The fourth-order valence-corrected chi connectivity index (χ4v) is 6.38. The Hall–Kier alpha value is -10.0. The van der Waals surface area contributed by atoms with Gasteiger partial charge in [-0.1, -0.05) is 0 Å². The molecule has 6 aromatic heterocycles. The lowest BCUT2D eigenvalue weighted by Crippen LogP contribution is -2.29. The molecule has 384 valence electrons. The second kappa shape index (κ2) is 23.1. The molecule has 0 unspecified atom stereocenters. The predicted octanol–water partition coefficient (Wildman–Crippen LogP) is -1.24. The molecule has 14 N–H and O–H groups in total. The largest absolute Gasteiger partial charge is 0.388 e. The number of amides is 8. The first kappa shape index (κ1) is 53.9. The zero-order valence-corrected chi connectivity index (χ0v) is 40.5. The smallest absolute Gasteiger partial charge is 0.292 e. The number of imidazole rings is 6. The number of carbonyl (C=O) groups excluding carboxylic acids is 8. The van der Waals surface area contributed by atoms with Gasteiger partial charge in [-0.2, -0.15) is 0 Å². The molecule has 0 spiro atoms. The molecule has 0 saturated carbocycles. The second-order valence-electron chi connectivity index (χ2n) is 15.6. The van der Waals surface area contributed by atoms with Crippen LogP contribution in [-0.4, -0.2) is 129 Å². The van der Waals surface area contributed by atoms with Crippen molar-refractivity contribution in [2.24, 2.45) is 53.8 Å².